The van der Waals surface area contributed by atoms with Gasteiger partial charge in [0.15, 0.2) is 0 Å². The highest BCUT2D eigenvalue weighted by atomic mass is 32.2. The summed E-state index contributed by atoms with van der Waals surface area (Å²) in [6.45, 7) is 3.44. The maximum absolute atomic E-state index is 12.7. The summed E-state index contributed by atoms with van der Waals surface area (Å²) in [4.78, 5) is 27.8. The molecule has 23 heavy (non-hydrogen) atoms. The molecular weight excluding hydrogens is 310 g/mol. The summed E-state index contributed by atoms with van der Waals surface area (Å²) in [7, 11) is 0. The van der Waals surface area contributed by atoms with Gasteiger partial charge in [0, 0.05) is 30.4 Å². The zero-order valence-corrected chi connectivity index (χ0v) is 14.1. The summed E-state index contributed by atoms with van der Waals surface area (Å²) in [6.07, 6.45) is 2.19. The summed E-state index contributed by atoms with van der Waals surface area (Å²) in [6, 6.07) is 7.80. The van der Waals surface area contributed by atoms with E-state index >= 15 is 0 Å². The number of piperidine rings is 1. The van der Waals surface area contributed by atoms with Gasteiger partial charge in [-0.1, -0.05) is 19.1 Å². The molecule has 3 atom stereocenters. The van der Waals surface area contributed by atoms with E-state index in [9.17, 15) is 9.59 Å². The molecule has 0 bridgehead atoms. The van der Waals surface area contributed by atoms with Crippen molar-refractivity contribution in [2.24, 2.45) is 11.7 Å². The van der Waals surface area contributed by atoms with Gasteiger partial charge in [-0.3, -0.25) is 9.59 Å². The van der Waals surface area contributed by atoms with E-state index < -0.39 is 0 Å². The van der Waals surface area contributed by atoms with Gasteiger partial charge in [0.05, 0.1) is 10.9 Å². The van der Waals surface area contributed by atoms with Gasteiger partial charge in [-0.25, -0.2) is 0 Å². The molecule has 2 heterocycles. The van der Waals surface area contributed by atoms with Crippen LogP contribution in [0.4, 0.5) is 5.69 Å². The molecule has 3 rings (SSSR count). The topological polar surface area (TPSA) is 75.4 Å². The van der Waals surface area contributed by atoms with Gasteiger partial charge >= 0.3 is 0 Å². The second-order valence-electron chi connectivity index (χ2n) is 6.40. The number of carbonyl (C=O) groups is 2. The molecule has 2 aliphatic rings. The summed E-state index contributed by atoms with van der Waals surface area (Å²) >= 11 is 1.48. The SMILES string of the molecule is CC1CCN(C(=O)CC2Sc3ccccc3NC2=O)C(CN)C1. The number of amides is 2. The van der Waals surface area contributed by atoms with Crippen molar-refractivity contribution in [1.82, 2.24) is 4.90 Å². The highest BCUT2D eigenvalue weighted by Gasteiger charge is 2.34. The molecule has 0 spiro atoms. The molecule has 124 valence electrons. The first-order chi connectivity index (χ1) is 11.1. The van der Waals surface area contributed by atoms with Gasteiger partial charge in [0.25, 0.3) is 0 Å². The molecule has 0 aliphatic carbocycles. The lowest BCUT2D eigenvalue weighted by Crippen LogP contribution is -2.50. The largest absolute Gasteiger partial charge is 0.338 e. The highest BCUT2D eigenvalue weighted by Crippen LogP contribution is 2.37. The quantitative estimate of drug-likeness (QED) is 0.888. The minimum Gasteiger partial charge on any atom is -0.338 e. The van der Waals surface area contributed by atoms with Crippen LogP contribution >= 0.6 is 11.8 Å². The number of anilines is 1. The van der Waals surface area contributed by atoms with Crippen molar-refractivity contribution in [2.75, 3.05) is 18.4 Å². The van der Waals surface area contributed by atoms with E-state index in [1.165, 1.54) is 11.8 Å². The van der Waals surface area contributed by atoms with E-state index in [2.05, 4.69) is 12.2 Å². The monoisotopic (exact) mass is 333 g/mol. The van der Waals surface area contributed by atoms with E-state index in [4.69, 9.17) is 5.73 Å². The zero-order valence-electron chi connectivity index (χ0n) is 13.3. The highest BCUT2D eigenvalue weighted by molar-refractivity contribution is 8.01. The molecule has 1 saturated heterocycles. The Balaban J connectivity index is 1.67. The van der Waals surface area contributed by atoms with Crippen LogP contribution in [0.25, 0.3) is 0 Å². The predicted octanol–water partition coefficient (Wildman–Crippen LogP) is 2.08. The van der Waals surface area contributed by atoms with E-state index in [-0.39, 0.29) is 29.5 Å². The molecule has 0 radical (unpaired) electrons. The van der Waals surface area contributed by atoms with Gasteiger partial charge in [-0.2, -0.15) is 0 Å². The molecule has 3 unspecified atom stereocenters. The second-order valence-corrected chi connectivity index (χ2v) is 7.65. The Morgan fingerprint density at radius 2 is 2.22 bits per heavy atom. The normalized spacial score (nSPS) is 27.3. The first-order valence-corrected chi connectivity index (χ1v) is 9.02. The van der Waals surface area contributed by atoms with Crippen LogP contribution in [0.15, 0.2) is 29.2 Å². The lowest BCUT2D eigenvalue weighted by atomic mass is 9.92. The summed E-state index contributed by atoms with van der Waals surface area (Å²) in [5.41, 5.74) is 6.67. The van der Waals surface area contributed by atoms with Crippen LogP contribution in [0.5, 0.6) is 0 Å². The number of likely N-dealkylation sites (tertiary alicyclic amines) is 1. The number of hydrogen-bond acceptors (Lipinski definition) is 4. The fourth-order valence-corrected chi connectivity index (χ4v) is 4.41. The molecule has 0 aromatic heterocycles. The predicted molar refractivity (Wildman–Crippen MR) is 92.3 cm³/mol. The van der Waals surface area contributed by atoms with Crippen molar-refractivity contribution in [3.63, 3.8) is 0 Å². The number of rotatable bonds is 3. The second kappa shape index (κ2) is 6.93. The molecule has 1 aromatic rings. The van der Waals surface area contributed by atoms with Crippen LogP contribution in [0.2, 0.25) is 0 Å². The van der Waals surface area contributed by atoms with Crippen LogP contribution in [-0.2, 0) is 9.59 Å². The number of benzene rings is 1. The van der Waals surface area contributed by atoms with Crippen LogP contribution < -0.4 is 11.1 Å². The lowest BCUT2D eigenvalue weighted by molar-refractivity contribution is -0.136. The third-order valence-electron chi connectivity index (χ3n) is 4.64. The van der Waals surface area contributed by atoms with Gasteiger partial charge in [-0.05, 0) is 30.9 Å². The number of para-hydroxylation sites is 1. The Morgan fingerprint density at radius 3 is 3.00 bits per heavy atom. The summed E-state index contributed by atoms with van der Waals surface area (Å²) < 4.78 is 0. The fourth-order valence-electron chi connectivity index (χ4n) is 3.31. The Hall–Kier alpha value is -1.53. The average Bonchev–Trinajstić information content (AvgIpc) is 2.55. The molecule has 1 aromatic carbocycles. The Kier molecular flexibility index (Phi) is 4.92. The van der Waals surface area contributed by atoms with Crippen molar-refractivity contribution >= 4 is 29.3 Å². The Bertz CT molecular complexity index is 607. The smallest absolute Gasteiger partial charge is 0.238 e. The van der Waals surface area contributed by atoms with Crippen molar-refractivity contribution in [2.45, 2.75) is 42.4 Å². The summed E-state index contributed by atoms with van der Waals surface area (Å²) in [5.74, 6) is 0.558. The van der Waals surface area contributed by atoms with Crippen LogP contribution in [0.3, 0.4) is 0 Å². The van der Waals surface area contributed by atoms with E-state index in [1.807, 2.05) is 29.2 Å². The van der Waals surface area contributed by atoms with Gasteiger partial charge in [-0.15, -0.1) is 11.8 Å². The number of nitrogens with one attached hydrogen (secondary N) is 1. The number of hydrogen-bond donors (Lipinski definition) is 2. The van der Waals surface area contributed by atoms with Crippen molar-refractivity contribution in [1.29, 1.82) is 0 Å². The molecule has 5 nitrogen and oxygen atoms in total. The van der Waals surface area contributed by atoms with Crippen LogP contribution in [-0.4, -0.2) is 41.1 Å². The molecule has 2 amide bonds. The van der Waals surface area contributed by atoms with Crippen molar-refractivity contribution in [3.05, 3.63) is 24.3 Å². The van der Waals surface area contributed by atoms with E-state index in [1.54, 1.807) is 0 Å². The van der Waals surface area contributed by atoms with Gasteiger partial charge in [0.1, 0.15) is 0 Å². The van der Waals surface area contributed by atoms with Crippen LogP contribution in [0.1, 0.15) is 26.2 Å². The number of carbonyl (C=O) groups excluding carboxylic acids is 2. The van der Waals surface area contributed by atoms with Crippen LogP contribution in [0, 0.1) is 5.92 Å². The standard InChI is InChI=1S/C17H23N3O2S/c1-11-6-7-20(12(8-11)10-18)16(21)9-15-17(22)19-13-4-2-3-5-14(13)23-15/h2-5,11-12,15H,6-10,18H2,1H3,(H,19,22). The number of thioether (sulfide) groups is 1. The molecule has 1 fully saturated rings. The van der Waals surface area contributed by atoms with Gasteiger partial charge < -0.3 is 16.0 Å². The number of nitrogens with zero attached hydrogens (tertiary/aromatic N) is 1. The minimum atomic E-state index is -0.366. The average molecular weight is 333 g/mol. The Labute approximate surface area is 141 Å². The van der Waals surface area contributed by atoms with E-state index in [0.29, 0.717) is 12.5 Å². The Morgan fingerprint density at radius 1 is 1.43 bits per heavy atom. The minimum absolute atomic E-state index is 0.0411. The van der Waals surface area contributed by atoms with Gasteiger partial charge in [0.2, 0.25) is 11.8 Å². The maximum atomic E-state index is 12.7. The molecule has 2 aliphatic heterocycles. The maximum Gasteiger partial charge on any atom is 0.238 e. The van der Waals surface area contributed by atoms with Crippen molar-refractivity contribution in [3.8, 4) is 0 Å². The first-order valence-electron chi connectivity index (χ1n) is 8.14. The molecule has 0 saturated carbocycles. The number of fused-ring (bicyclic) bond motifs is 1. The molecule has 6 heteroatoms. The van der Waals surface area contributed by atoms with E-state index in [0.717, 1.165) is 30.0 Å². The lowest BCUT2D eigenvalue weighted by Gasteiger charge is -2.38. The summed E-state index contributed by atoms with van der Waals surface area (Å²) in [5, 5.41) is 2.53. The first kappa shape index (κ1) is 16.3. The third-order valence-corrected chi connectivity index (χ3v) is 5.91. The molecular formula is C17H23N3O2S. The molecule has 3 N–H and O–H groups in total. The van der Waals surface area contributed by atoms with Crippen molar-refractivity contribution < 1.29 is 9.59 Å². The fraction of sp³-hybridized carbons (Fsp3) is 0.529. The zero-order chi connectivity index (χ0) is 16.4. The third kappa shape index (κ3) is 3.53. The number of nitrogens with two attached hydrogens (primary N) is 1.